The van der Waals surface area contributed by atoms with Gasteiger partial charge in [0.25, 0.3) is 5.91 Å². The minimum absolute atomic E-state index is 0.0152. The van der Waals surface area contributed by atoms with Crippen LogP contribution >= 0.6 is 0 Å². The molecule has 2 aromatic carbocycles. The molecule has 0 aromatic heterocycles. The summed E-state index contributed by atoms with van der Waals surface area (Å²) in [5, 5.41) is 0. The smallest absolute Gasteiger partial charge is 0.267 e. The molecule has 1 saturated heterocycles. The Balaban J connectivity index is 1.44. The number of sulfonamides is 1. The van der Waals surface area contributed by atoms with Crippen molar-refractivity contribution < 1.29 is 32.2 Å². The van der Waals surface area contributed by atoms with Gasteiger partial charge < -0.3 is 23.8 Å². The van der Waals surface area contributed by atoms with Crippen molar-refractivity contribution >= 4 is 15.9 Å². The van der Waals surface area contributed by atoms with Crippen LogP contribution < -0.4 is 18.9 Å². The molecule has 0 bridgehead atoms. The summed E-state index contributed by atoms with van der Waals surface area (Å²) in [4.78, 5) is 14.3. The van der Waals surface area contributed by atoms with Gasteiger partial charge in [-0.3, -0.25) is 4.79 Å². The van der Waals surface area contributed by atoms with Crippen LogP contribution in [-0.2, 0) is 26.1 Å². The van der Waals surface area contributed by atoms with Gasteiger partial charge in [0.15, 0.2) is 11.5 Å². The molecule has 2 aliphatic heterocycles. The van der Waals surface area contributed by atoms with E-state index in [0.29, 0.717) is 37.8 Å². The van der Waals surface area contributed by atoms with Crippen molar-refractivity contribution in [3.63, 3.8) is 0 Å². The highest BCUT2D eigenvalue weighted by atomic mass is 32.2. The lowest BCUT2D eigenvalue weighted by molar-refractivity contribution is -0.145. The summed E-state index contributed by atoms with van der Waals surface area (Å²) in [6.07, 6.45) is -0.767. The number of nitrogens with one attached hydrogen (secondary N) is 1. The van der Waals surface area contributed by atoms with Crippen molar-refractivity contribution in [3.05, 3.63) is 48.0 Å². The Morgan fingerprint density at radius 3 is 2.71 bits per heavy atom. The van der Waals surface area contributed by atoms with Crippen molar-refractivity contribution in [1.29, 1.82) is 0 Å². The molecule has 10 heteroatoms. The number of methoxy groups -OCH3 is 1. The molecule has 31 heavy (non-hydrogen) atoms. The second kappa shape index (κ2) is 9.13. The second-order valence-electron chi connectivity index (χ2n) is 7.10. The number of carbonyl (C=O) groups is 1. The molecule has 0 radical (unpaired) electrons. The van der Waals surface area contributed by atoms with Gasteiger partial charge in [-0.2, -0.15) is 0 Å². The van der Waals surface area contributed by atoms with E-state index in [4.69, 9.17) is 18.9 Å². The van der Waals surface area contributed by atoms with E-state index in [1.165, 1.54) is 25.3 Å². The van der Waals surface area contributed by atoms with Crippen LogP contribution in [0.5, 0.6) is 17.2 Å². The van der Waals surface area contributed by atoms with Crippen molar-refractivity contribution in [1.82, 2.24) is 9.62 Å². The van der Waals surface area contributed by atoms with E-state index in [-0.39, 0.29) is 29.7 Å². The summed E-state index contributed by atoms with van der Waals surface area (Å²) in [7, 11) is -2.26. The molecule has 2 aromatic rings. The van der Waals surface area contributed by atoms with Crippen molar-refractivity contribution in [2.45, 2.75) is 17.5 Å². The summed E-state index contributed by atoms with van der Waals surface area (Å²) >= 11 is 0. The zero-order chi connectivity index (χ0) is 21.8. The molecule has 0 unspecified atom stereocenters. The number of hydrogen-bond donors (Lipinski definition) is 1. The lowest BCUT2D eigenvalue weighted by Gasteiger charge is -2.32. The zero-order valence-corrected chi connectivity index (χ0v) is 17.9. The maximum Gasteiger partial charge on any atom is 0.267 e. The topological polar surface area (TPSA) is 103 Å². The summed E-state index contributed by atoms with van der Waals surface area (Å²) in [5.41, 5.74) is 0.718. The van der Waals surface area contributed by atoms with E-state index in [0.717, 1.165) is 5.56 Å². The van der Waals surface area contributed by atoms with Gasteiger partial charge in [-0.25, -0.2) is 13.1 Å². The Morgan fingerprint density at radius 2 is 1.94 bits per heavy atom. The third kappa shape index (κ3) is 4.76. The van der Waals surface area contributed by atoms with Crippen LogP contribution in [0, 0.1) is 0 Å². The number of fused-ring (bicyclic) bond motifs is 1. The third-order valence-corrected chi connectivity index (χ3v) is 6.53. The number of nitrogens with zero attached hydrogens (tertiary/aromatic N) is 1. The Kier molecular flexibility index (Phi) is 6.30. The molecule has 0 spiro atoms. The molecular formula is C21H24N2O7S. The van der Waals surface area contributed by atoms with Crippen LogP contribution in [0.15, 0.2) is 47.4 Å². The number of hydrogen-bond acceptors (Lipinski definition) is 7. The Hall–Kier alpha value is -2.82. The monoisotopic (exact) mass is 448 g/mol. The van der Waals surface area contributed by atoms with Crippen molar-refractivity contribution in [3.8, 4) is 17.2 Å². The van der Waals surface area contributed by atoms with Crippen LogP contribution in [0.2, 0.25) is 0 Å². The molecule has 1 atom stereocenters. The molecule has 0 saturated carbocycles. The highest BCUT2D eigenvalue weighted by Crippen LogP contribution is 2.34. The molecular weight excluding hydrogens is 424 g/mol. The summed E-state index contributed by atoms with van der Waals surface area (Å²) < 4.78 is 50.0. The minimum Gasteiger partial charge on any atom is -0.496 e. The average molecular weight is 448 g/mol. The van der Waals surface area contributed by atoms with Gasteiger partial charge in [0.1, 0.15) is 12.4 Å². The van der Waals surface area contributed by atoms with Gasteiger partial charge in [-0.1, -0.05) is 18.2 Å². The fourth-order valence-electron chi connectivity index (χ4n) is 3.43. The van der Waals surface area contributed by atoms with Crippen molar-refractivity contribution in [2.24, 2.45) is 0 Å². The van der Waals surface area contributed by atoms with Crippen LogP contribution in [0.4, 0.5) is 0 Å². The molecule has 1 fully saturated rings. The number of carbonyl (C=O) groups excluding carboxylic acids is 1. The molecule has 166 valence electrons. The minimum atomic E-state index is -3.79. The van der Waals surface area contributed by atoms with E-state index in [1.54, 1.807) is 17.0 Å². The molecule has 9 nitrogen and oxygen atoms in total. The summed E-state index contributed by atoms with van der Waals surface area (Å²) in [5.74, 6) is 1.06. The van der Waals surface area contributed by atoms with Gasteiger partial charge in [0, 0.05) is 31.3 Å². The highest BCUT2D eigenvalue weighted by Gasteiger charge is 2.32. The van der Waals surface area contributed by atoms with E-state index in [9.17, 15) is 13.2 Å². The SMILES string of the molecule is COc1ccccc1CNS(=O)(=O)c1ccc2c(c1)OC[C@@H](C(=O)N1CCOCC1)O2. The van der Waals surface area contributed by atoms with Gasteiger partial charge >= 0.3 is 0 Å². The number of morpholine rings is 1. The number of benzene rings is 2. The first-order valence-electron chi connectivity index (χ1n) is 9.89. The molecule has 1 amide bonds. The van der Waals surface area contributed by atoms with Gasteiger partial charge in [0.05, 0.1) is 25.2 Å². The fraction of sp³-hybridized carbons (Fsp3) is 0.381. The maximum atomic E-state index is 12.7. The lowest BCUT2D eigenvalue weighted by atomic mass is 10.2. The first-order chi connectivity index (χ1) is 15.0. The summed E-state index contributed by atoms with van der Waals surface area (Å²) in [6.45, 7) is 2.12. The number of ether oxygens (including phenoxy) is 4. The van der Waals surface area contributed by atoms with E-state index in [1.807, 2.05) is 12.1 Å². The molecule has 1 N–H and O–H groups in total. The first kappa shape index (κ1) is 21.4. The van der Waals surface area contributed by atoms with Crippen LogP contribution in [-0.4, -0.2) is 65.3 Å². The van der Waals surface area contributed by atoms with Gasteiger partial charge in [-0.05, 0) is 18.2 Å². The molecule has 2 aliphatic rings. The normalized spacial score (nSPS) is 18.5. The Labute approximate surface area is 180 Å². The third-order valence-electron chi connectivity index (χ3n) is 5.13. The Morgan fingerprint density at radius 1 is 1.16 bits per heavy atom. The standard InChI is InChI=1S/C21H24N2O7S/c1-27-17-5-3-2-4-15(17)13-22-31(25,26)16-6-7-18-19(12-16)29-14-20(30-18)21(24)23-8-10-28-11-9-23/h2-7,12,20,22H,8-11,13-14H2,1H3/t20-/m0/s1. The maximum absolute atomic E-state index is 12.7. The number of para-hydroxylation sites is 1. The first-order valence-corrected chi connectivity index (χ1v) is 11.4. The van der Waals surface area contributed by atoms with E-state index >= 15 is 0 Å². The number of rotatable bonds is 6. The molecule has 4 rings (SSSR count). The van der Waals surface area contributed by atoms with Gasteiger partial charge in [-0.15, -0.1) is 0 Å². The predicted octanol–water partition coefficient (Wildman–Crippen LogP) is 1.17. The fourth-order valence-corrected chi connectivity index (χ4v) is 4.45. The van der Waals surface area contributed by atoms with Gasteiger partial charge in [0.2, 0.25) is 16.1 Å². The van der Waals surface area contributed by atoms with Crippen molar-refractivity contribution in [2.75, 3.05) is 40.0 Å². The molecule has 2 heterocycles. The number of amides is 1. The second-order valence-corrected chi connectivity index (χ2v) is 8.87. The zero-order valence-electron chi connectivity index (χ0n) is 17.1. The predicted molar refractivity (Wildman–Crippen MR) is 111 cm³/mol. The lowest BCUT2D eigenvalue weighted by Crippen LogP contribution is -2.50. The van der Waals surface area contributed by atoms with E-state index < -0.39 is 16.1 Å². The summed E-state index contributed by atoms with van der Waals surface area (Å²) in [6, 6.07) is 11.5. The highest BCUT2D eigenvalue weighted by molar-refractivity contribution is 7.89. The quantitative estimate of drug-likeness (QED) is 0.708. The van der Waals surface area contributed by atoms with Crippen LogP contribution in [0.25, 0.3) is 0 Å². The Bertz CT molecular complexity index is 1050. The van der Waals surface area contributed by atoms with E-state index in [2.05, 4.69) is 4.72 Å². The average Bonchev–Trinajstić information content (AvgIpc) is 2.82. The van der Waals surface area contributed by atoms with Crippen LogP contribution in [0.3, 0.4) is 0 Å². The van der Waals surface area contributed by atoms with Crippen LogP contribution in [0.1, 0.15) is 5.56 Å². The largest absolute Gasteiger partial charge is 0.496 e. The molecule has 0 aliphatic carbocycles.